The molecule has 5 heteroatoms. The number of nitrogens with zero attached hydrogens (tertiary/aromatic N) is 4. The van der Waals surface area contributed by atoms with E-state index in [0.29, 0.717) is 19.1 Å². The van der Waals surface area contributed by atoms with Crippen LogP contribution < -0.4 is 0 Å². The van der Waals surface area contributed by atoms with Crippen molar-refractivity contribution in [3.05, 3.63) is 42.1 Å². The van der Waals surface area contributed by atoms with Gasteiger partial charge in [0.05, 0.1) is 24.3 Å². The number of para-hydroxylation sites is 1. The van der Waals surface area contributed by atoms with E-state index in [-0.39, 0.29) is 5.91 Å². The molecule has 5 nitrogen and oxygen atoms in total. The van der Waals surface area contributed by atoms with Gasteiger partial charge in [-0.1, -0.05) is 24.3 Å². The molecule has 0 bridgehead atoms. The maximum absolute atomic E-state index is 12.5. The summed E-state index contributed by atoms with van der Waals surface area (Å²) in [6, 6.07) is 12.7. The van der Waals surface area contributed by atoms with E-state index in [1.165, 1.54) is 0 Å². The number of aromatic nitrogens is 1. The molecule has 0 spiro atoms. The van der Waals surface area contributed by atoms with Crippen LogP contribution in [-0.2, 0) is 11.3 Å². The lowest BCUT2D eigenvalue weighted by atomic mass is 10.2. The van der Waals surface area contributed by atoms with E-state index in [1.54, 1.807) is 4.90 Å². The molecule has 1 amide bonds. The average Bonchev–Trinajstić information content (AvgIpc) is 3.03. The van der Waals surface area contributed by atoms with Crippen molar-refractivity contribution in [2.24, 2.45) is 0 Å². The van der Waals surface area contributed by atoms with Crippen LogP contribution in [0.25, 0.3) is 10.9 Å². The fourth-order valence-corrected chi connectivity index (χ4v) is 3.22. The zero-order chi connectivity index (χ0) is 17.1. The van der Waals surface area contributed by atoms with Gasteiger partial charge in [-0.15, -0.1) is 0 Å². The molecule has 1 aromatic heterocycles. The van der Waals surface area contributed by atoms with Crippen molar-refractivity contribution in [3.8, 4) is 0 Å². The van der Waals surface area contributed by atoms with Crippen LogP contribution in [0.3, 0.4) is 0 Å². The van der Waals surface area contributed by atoms with Crippen molar-refractivity contribution < 1.29 is 4.79 Å². The van der Waals surface area contributed by atoms with Crippen LogP contribution in [0, 0.1) is 0 Å². The molecule has 1 aliphatic heterocycles. The second-order valence-electron chi connectivity index (χ2n) is 6.89. The average molecular weight is 326 g/mol. The largest absolute Gasteiger partial charge is 0.339 e. The van der Waals surface area contributed by atoms with E-state index >= 15 is 0 Å². The van der Waals surface area contributed by atoms with Crippen molar-refractivity contribution in [1.82, 2.24) is 19.7 Å². The number of benzene rings is 1. The first-order valence-electron chi connectivity index (χ1n) is 8.50. The number of pyridine rings is 1. The van der Waals surface area contributed by atoms with Gasteiger partial charge in [0.15, 0.2) is 0 Å². The van der Waals surface area contributed by atoms with Crippen molar-refractivity contribution in [2.75, 3.05) is 40.8 Å². The quantitative estimate of drug-likeness (QED) is 0.840. The molecule has 2 heterocycles. The molecule has 1 atom stereocenters. The Morgan fingerprint density at radius 3 is 2.75 bits per heavy atom. The van der Waals surface area contributed by atoms with Crippen LogP contribution in [-0.4, -0.2) is 72.4 Å². The Bertz CT molecular complexity index is 715. The molecule has 1 saturated heterocycles. The van der Waals surface area contributed by atoms with Gasteiger partial charge in [-0.25, -0.2) is 0 Å². The van der Waals surface area contributed by atoms with Gasteiger partial charge in [-0.2, -0.15) is 0 Å². The lowest BCUT2D eigenvalue weighted by molar-refractivity contribution is -0.131. The van der Waals surface area contributed by atoms with Crippen LogP contribution in [0.1, 0.15) is 12.1 Å². The molecule has 1 unspecified atom stereocenters. The van der Waals surface area contributed by atoms with E-state index in [1.807, 2.05) is 31.3 Å². The molecule has 128 valence electrons. The Labute approximate surface area is 143 Å². The minimum Gasteiger partial charge on any atom is -0.339 e. The summed E-state index contributed by atoms with van der Waals surface area (Å²) in [6.45, 7) is 3.01. The smallest absolute Gasteiger partial charge is 0.236 e. The Morgan fingerprint density at radius 1 is 1.21 bits per heavy atom. The van der Waals surface area contributed by atoms with Gasteiger partial charge >= 0.3 is 0 Å². The fraction of sp³-hybridized carbons (Fsp3) is 0.474. The minimum absolute atomic E-state index is 0.157. The predicted octanol–water partition coefficient (Wildman–Crippen LogP) is 1.83. The summed E-state index contributed by atoms with van der Waals surface area (Å²) in [7, 11) is 6.07. The minimum atomic E-state index is 0.157. The number of hydrogen-bond acceptors (Lipinski definition) is 4. The number of likely N-dealkylation sites (N-methyl/N-ethyl adjacent to an activating group) is 2. The number of carbonyl (C=O) groups is 1. The first-order chi connectivity index (χ1) is 11.5. The van der Waals surface area contributed by atoms with Gasteiger partial charge in [0, 0.05) is 31.6 Å². The lowest BCUT2D eigenvalue weighted by Crippen LogP contribution is -2.39. The summed E-state index contributed by atoms with van der Waals surface area (Å²) in [5.74, 6) is 0.157. The third-order valence-electron chi connectivity index (χ3n) is 4.82. The van der Waals surface area contributed by atoms with Crippen LogP contribution in [0.5, 0.6) is 0 Å². The van der Waals surface area contributed by atoms with Crippen molar-refractivity contribution in [2.45, 2.75) is 19.0 Å². The van der Waals surface area contributed by atoms with Gasteiger partial charge in [0.1, 0.15) is 0 Å². The summed E-state index contributed by atoms with van der Waals surface area (Å²) in [4.78, 5) is 23.4. The summed E-state index contributed by atoms with van der Waals surface area (Å²) in [5.41, 5.74) is 1.90. The van der Waals surface area contributed by atoms with Crippen molar-refractivity contribution in [1.29, 1.82) is 0 Å². The molecule has 3 rings (SSSR count). The lowest BCUT2D eigenvalue weighted by Gasteiger charge is -2.23. The molecule has 2 aromatic rings. The summed E-state index contributed by atoms with van der Waals surface area (Å²) in [5, 5.41) is 1.13. The van der Waals surface area contributed by atoms with E-state index < -0.39 is 0 Å². The molecule has 0 saturated carbocycles. The second-order valence-corrected chi connectivity index (χ2v) is 6.89. The second kappa shape index (κ2) is 7.28. The highest BCUT2D eigenvalue weighted by atomic mass is 16.2. The number of hydrogen-bond donors (Lipinski definition) is 0. The molecule has 0 aliphatic carbocycles. The third kappa shape index (κ3) is 3.91. The summed E-state index contributed by atoms with van der Waals surface area (Å²) < 4.78 is 0. The Hall–Kier alpha value is -1.98. The topological polar surface area (TPSA) is 39.7 Å². The number of carbonyl (C=O) groups excluding carboxylic acids is 1. The highest BCUT2D eigenvalue weighted by molar-refractivity contribution is 5.79. The normalized spacial score (nSPS) is 18.4. The Morgan fingerprint density at radius 2 is 2.00 bits per heavy atom. The SMILES string of the molecule is CN(Cc1ccc2ccccc2n1)C(=O)CN1CCC(N(C)C)C1. The van der Waals surface area contributed by atoms with Gasteiger partial charge in [-0.3, -0.25) is 14.7 Å². The van der Waals surface area contributed by atoms with Gasteiger partial charge < -0.3 is 9.80 Å². The van der Waals surface area contributed by atoms with E-state index in [4.69, 9.17) is 0 Å². The predicted molar refractivity (Wildman–Crippen MR) is 96.7 cm³/mol. The van der Waals surface area contributed by atoms with Crippen molar-refractivity contribution >= 4 is 16.8 Å². The summed E-state index contributed by atoms with van der Waals surface area (Å²) >= 11 is 0. The van der Waals surface area contributed by atoms with Gasteiger partial charge in [0.25, 0.3) is 0 Å². The van der Waals surface area contributed by atoms with Crippen LogP contribution in [0.2, 0.25) is 0 Å². The Balaban J connectivity index is 1.57. The monoisotopic (exact) mass is 326 g/mol. The molecular weight excluding hydrogens is 300 g/mol. The maximum atomic E-state index is 12.5. The molecule has 0 N–H and O–H groups in total. The van der Waals surface area contributed by atoms with E-state index in [9.17, 15) is 4.79 Å². The molecule has 1 aromatic carbocycles. The summed E-state index contributed by atoms with van der Waals surface area (Å²) in [6.07, 6.45) is 1.14. The standard InChI is InChI=1S/C19H26N4O/c1-21(2)17-10-11-23(13-17)14-19(24)22(3)12-16-9-8-15-6-4-5-7-18(15)20-16/h4-9,17H,10-14H2,1-3H3. The first kappa shape index (κ1) is 16.9. The molecule has 1 aliphatic rings. The highest BCUT2D eigenvalue weighted by Gasteiger charge is 2.26. The zero-order valence-corrected chi connectivity index (χ0v) is 14.8. The van der Waals surface area contributed by atoms with Gasteiger partial charge in [0.2, 0.25) is 5.91 Å². The first-order valence-corrected chi connectivity index (χ1v) is 8.50. The molecule has 1 fully saturated rings. The van der Waals surface area contributed by atoms with Crippen molar-refractivity contribution in [3.63, 3.8) is 0 Å². The molecule has 24 heavy (non-hydrogen) atoms. The zero-order valence-electron chi connectivity index (χ0n) is 14.8. The van der Waals surface area contributed by atoms with E-state index in [2.05, 4.69) is 41.0 Å². The number of likely N-dealkylation sites (tertiary alicyclic amines) is 1. The number of fused-ring (bicyclic) bond motifs is 1. The maximum Gasteiger partial charge on any atom is 0.236 e. The molecule has 0 radical (unpaired) electrons. The highest BCUT2D eigenvalue weighted by Crippen LogP contribution is 2.15. The van der Waals surface area contributed by atoms with Crippen LogP contribution >= 0.6 is 0 Å². The number of amides is 1. The number of rotatable bonds is 5. The molecular formula is C19H26N4O. The van der Waals surface area contributed by atoms with E-state index in [0.717, 1.165) is 36.1 Å². The van der Waals surface area contributed by atoms with Gasteiger partial charge in [-0.05, 0) is 32.6 Å². The Kier molecular flexibility index (Phi) is 5.11. The third-order valence-corrected chi connectivity index (χ3v) is 4.82. The van der Waals surface area contributed by atoms with Crippen LogP contribution in [0.4, 0.5) is 0 Å². The van der Waals surface area contributed by atoms with Crippen LogP contribution in [0.15, 0.2) is 36.4 Å². The fourth-order valence-electron chi connectivity index (χ4n) is 3.22.